The third kappa shape index (κ3) is 5.23. The molecular formula is C21H25N5O3. The van der Waals surface area contributed by atoms with E-state index in [9.17, 15) is 4.79 Å². The Morgan fingerprint density at radius 3 is 2.66 bits per heavy atom. The van der Waals surface area contributed by atoms with E-state index in [4.69, 9.17) is 8.83 Å². The quantitative estimate of drug-likeness (QED) is 0.559. The van der Waals surface area contributed by atoms with Crippen molar-refractivity contribution in [3.05, 3.63) is 48.4 Å². The molecule has 0 unspecified atom stereocenters. The number of benzene rings is 1. The number of amides is 1. The van der Waals surface area contributed by atoms with Crippen LogP contribution in [0.4, 0.5) is 11.7 Å². The Morgan fingerprint density at radius 1 is 1.07 bits per heavy atom. The van der Waals surface area contributed by atoms with Crippen LogP contribution in [0.3, 0.4) is 0 Å². The Hall–Kier alpha value is -3.13. The first-order valence-electron chi connectivity index (χ1n) is 10.0. The van der Waals surface area contributed by atoms with Gasteiger partial charge in [0.25, 0.3) is 5.91 Å². The minimum Gasteiger partial charge on any atom is -0.459 e. The molecule has 152 valence electrons. The second-order valence-electron chi connectivity index (χ2n) is 7.10. The Bertz CT molecular complexity index is 899. The van der Waals surface area contributed by atoms with Gasteiger partial charge < -0.3 is 24.4 Å². The number of rotatable bonds is 8. The average molecular weight is 395 g/mol. The Balaban J connectivity index is 1.25. The van der Waals surface area contributed by atoms with Gasteiger partial charge in [-0.15, -0.1) is 5.10 Å². The van der Waals surface area contributed by atoms with Crippen LogP contribution in [-0.2, 0) is 0 Å². The molecule has 3 heterocycles. The zero-order valence-electron chi connectivity index (χ0n) is 16.3. The highest BCUT2D eigenvalue weighted by Gasteiger charge is 2.12. The molecule has 0 atom stereocenters. The minimum atomic E-state index is -0.295. The molecule has 1 fully saturated rings. The first-order valence-corrected chi connectivity index (χ1v) is 10.0. The van der Waals surface area contributed by atoms with Gasteiger partial charge in [-0.05, 0) is 75.3 Å². The number of anilines is 2. The number of carbonyl (C=O) groups excluding carboxylic acids is 1. The van der Waals surface area contributed by atoms with Gasteiger partial charge in [0.2, 0.25) is 5.89 Å². The maximum atomic E-state index is 12.0. The van der Waals surface area contributed by atoms with E-state index in [-0.39, 0.29) is 11.7 Å². The van der Waals surface area contributed by atoms with Crippen molar-refractivity contribution in [3.63, 3.8) is 0 Å². The number of likely N-dealkylation sites (tertiary alicyclic amines) is 1. The van der Waals surface area contributed by atoms with Crippen LogP contribution in [0.15, 0.2) is 51.5 Å². The zero-order chi connectivity index (χ0) is 19.9. The molecule has 1 aromatic carbocycles. The minimum absolute atomic E-state index is 0.266. The largest absolute Gasteiger partial charge is 0.459 e. The summed E-state index contributed by atoms with van der Waals surface area (Å²) < 4.78 is 10.8. The number of piperidine rings is 1. The van der Waals surface area contributed by atoms with E-state index < -0.39 is 0 Å². The molecule has 8 nitrogen and oxygen atoms in total. The van der Waals surface area contributed by atoms with Gasteiger partial charge in [-0.2, -0.15) is 0 Å². The summed E-state index contributed by atoms with van der Waals surface area (Å²) in [5.74, 6) is 0.408. The molecular weight excluding hydrogens is 370 g/mol. The predicted molar refractivity (Wildman–Crippen MR) is 110 cm³/mol. The van der Waals surface area contributed by atoms with Crippen LogP contribution in [0.25, 0.3) is 11.5 Å². The fourth-order valence-electron chi connectivity index (χ4n) is 3.39. The fraction of sp³-hybridized carbons (Fsp3) is 0.381. The van der Waals surface area contributed by atoms with Crippen LogP contribution in [0.1, 0.15) is 36.2 Å². The van der Waals surface area contributed by atoms with Gasteiger partial charge in [0, 0.05) is 17.8 Å². The van der Waals surface area contributed by atoms with Crippen LogP contribution in [0.5, 0.6) is 0 Å². The Kier molecular flexibility index (Phi) is 6.21. The average Bonchev–Trinajstić information content (AvgIpc) is 3.45. The van der Waals surface area contributed by atoms with Crippen LogP contribution in [0.2, 0.25) is 0 Å². The molecule has 1 saturated heterocycles. The summed E-state index contributed by atoms with van der Waals surface area (Å²) >= 11 is 0. The predicted octanol–water partition coefficient (Wildman–Crippen LogP) is 3.87. The standard InChI is InChI=1S/C21H25N5O3/c27-19(18-6-4-15-28-18)23-17-9-7-16(8-10-17)20-24-25-21(29-20)22-11-5-14-26-12-2-1-3-13-26/h4,6-10,15H,1-3,5,11-14H2,(H,22,25)(H,23,27). The second-order valence-corrected chi connectivity index (χ2v) is 7.10. The molecule has 0 saturated carbocycles. The van der Waals surface area contributed by atoms with Gasteiger partial charge in [0.15, 0.2) is 5.76 Å². The first-order chi connectivity index (χ1) is 14.3. The van der Waals surface area contributed by atoms with Gasteiger partial charge in [-0.25, -0.2) is 0 Å². The molecule has 29 heavy (non-hydrogen) atoms. The van der Waals surface area contributed by atoms with Crippen molar-refractivity contribution in [3.8, 4) is 11.5 Å². The number of furan rings is 1. The topological polar surface area (TPSA) is 96.4 Å². The SMILES string of the molecule is O=C(Nc1ccc(-c2nnc(NCCCN3CCCCC3)o2)cc1)c1ccco1. The Morgan fingerprint density at radius 2 is 1.90 bits per heavy atom. The van der Waals surface area contributed by atoms with Gasteiger partial charge in [0.05, 0.1) is 6.26 Å². The lowest BCUT2D eigenvalue weighted by Crippen LogP contribution is -2.31. The fourth-order valence-corrected chi connectivity index (χ4v) is 3.39. The van der Waals surface area contributed by atoms with E-state index in [2.05, 4.69) is 25.7 Å². The van der Waals surface area contributed by atoms with E-state index in [1.54, 1.807) is 24.3 Å². The number of hydrogen-bond donors (Lipinski definition) is 2. The van der Waals surface area contributed by atoms with E-state index in [0.717, 1.165) is 25.1 Å². The molecule has 3 aromatic rings. The van der Waals surface area contributed by atoms with Crippen LogP contribution < -0.4 is 10.6 Å². The van der Waals surface area contributed by atoms with Crippen molar-refractivity contribution >= 4 is 17.6 Å². The van der Waals surface area contributed by atoms with Gasteiger partial charge in [-0.1, -0.05) is 11.5 Å². The van der Waals surface area contributed by atoms with E-state index in [1.165, 1.54) is 38.6 Å². The molecule has 2 aromatic heterocycles. The Labute approximate surface area is 169 Å². The summed E-state index contributed by atoms with van der Waals surface area (Å²) in [6, 6.07) is 10.9. The number of hydrogen-bond acceptors (Lipinski definition) is 7. The van der Waals surface area contributed by atoms with Crippen molar-refractivity contribution < 1.29 is 13.6 Å². The summed E-state index contributed by atoms with van der Waals surface area (Å²) in [5, 5.41) is 14.1. The van der Waals surface area contributed by atoms with Gasteiger partial charge in [0.1, 0.15) is 0 Å². The summed E-state index contributed by atoms with van der Waals surface area (Å²) in [5.41, 5.74) is 1.44. The molecule has 0 bridgehead atoms. The van der Waals surface area contributed by atoms with Crippen LogP contribution in [-0.4, -0.2) is 47.2 Å². The molecule has 8 heteroatoms. The second kappa shape index (κ2) is 9.38. The summed E-state index contributed by atoms with van der Waals surface area (Å²) in [6.45, 7) is 4.32. The smallest absolute Gasteiger partial charge is 0.315 e. The van der Waals surface area contributed by atoms with Crippen LogP contribution >= 0.6 is 0 Å². The highest BCUT2D eigenvalue weighted by Crippen LogP contribution is 2.22. The third-order valence-electron chi connectivity index (χ3n) is 4.94. The molecule has 0 spiro atoms. The normalized spacial score (nSPS) is 14.6. The monoisotopic (exact) mass is 395 g/mol. The van der Waals surface area contributed by atoms with E-state index in [0.29, 0.717) is 17.6 Å². The number of carbonyl (C=O) groups is 1. The molecule has 1 amide bonds. The van der Waals surface area contributed by atoms with Crippen molar-refractivity contribution in [2.75, 3.05) is 36.8 Å². The number of aromatic nitrogens is 2. The van der Waals surface area contributed by atoms with E-state index >= 15 is 0 Å². The first kappa shape index (κ1) is 19.2. The summed E-state index contributed by atoms with van der Waals surface area (Å²) in [4.78, 5) is 14.5. The zero-order valence-corrected chi connectivity index (χ0v) is 16.3. The van der Waals surface area contributed by atoms with Crippen molar-refractivity contribution in [1.29, 1.82) is 0 Å². The highest BCUT2D eigenvalue weighted by molar-refractivity contribution is 6.02. The molecule has 1 aliphatic heterocycles. The number of nitrogens with one attached hydrogen (secondary N) is 2. The number of nitrogens with zero attached hydrogens (tertiary/aromatic N) is 3. The lowest BCUT2D eigenvalue weighted by molar-refractivity contribution is 0.0996. The molecule has 4 rings (SSSR count). The lowest BCUT2D eigenvalue weighted by Gasteiger charge is -2.26. The van der Waals surface area contributed by atoms with Crippen molar-refractivity contribution in [1.82, 2.24) is 15.1 Å². The molecule has 0 radical (unpaired) electrons. The van der Waals surface area contributed by atoms with Gasteiger partial charge >= 0.3 is 6.01 Å². The maximum absolute atomic E-state index is 12.0. The molecule has 0 aliphatic carbocycles. The van der Waals surface area contributed by atoms with Gasteiger partial charge in [-0.3, -0.25) is 4.79 Å². The summed E-state index contributed by atoms with van der Waals surface area (Å²) in [7, 11) is 0. The highest BCUT2D eigenvalue weighted by atomic mass is 16.4. The maximum Gasteiger partial charge on any atom is 0.315 e. The van der Waals surface area contributed by atoms with Crippen LogP contribution in [0, 0.1) is 0 Å². The third-order valence-corrected chi connectivity index (χ3v) is 4.94. The molecule has 2 N–H and O–H groups in total. The van der Waals surface area contributed by atoms with Crippen molar-refractivity contribution in [2.45, 2.75) is 25.7 Å². The lowest BCUT2D eigenvalue weighted by atomic mass is 10.1. The molecule has 1 aliphatic rings. The van der Waals surface area contributed by atoms with E-state index in [1.807, 2.05) is 12.1 Å². The van der Waals surface area contributed by atoms with Crippen molar-refractivity contribution in [2.24, 2.45) is 0 Å². The summed E-state index contributed by atoms with van der Waals surface area (Å²) in [6.07, 6.45) is 6.49.